The molecule has 1 saturated heterocycles. The van der Waals surface area contributed by atoms with Crippen molar-refractivity contribution in [3.05, 3.63) is 59.2 Å². The Morgan fingerprint density at radius 3 is 2.80 bits per heavy atom. The maximum atomic E-state index is 13.8. The average molecular weight is 422 g/mol. The second-order valence-electron chi connectivity index (χ2n) is 7.62. The van der Waals surface area contributed by atoms with Gasteiger partial charge in [0.2, 0.25) is 11.8 Å². The first kappa shape index (κ1) is 20.4. The van der Waals surface area contributed by atoms with E-state index in [1.807, 2.05) is 23.3 Å². The average Bonchev–Trinajstić information content (AvgIpc) is 3.28. The van der Waals surface area contributed by atoms with Gasteiger partial charge in [-0.1, -0.05) is 6.08 Å². The predicted octanol–water partition coefficient (Wildman–Crippen LogP) is 3.36. The molecule has 0 aliphatic carbocycles. The molecule has 1 amide bonds. The number of hydrogen-bond donors (Lipinski definition) is 0. The second kappa shape index (κ2) is 8.44. The minimum Gasteiger partial charge on any atom is -0.472 e. The number of thioether (sulfide) groups is 1. The summed E-state index contributed by atoms with van der Waals surface area (Å²) in [6.07, 6.45) is 8.98. The van der Waals surface area contributed by atoms with E-state index in [-0.39, 0.29) is 18.1 Å². The fourth-order valence-electron chi connectivity index (χ4n) is 3.91. The topological polar surface area (TPSA) is 92.0 Å². The molecule has 0 saturated carbocycles. The standard InChI is InChI=1S/C22H23N5O2S/c1-15-5-6-18(29-19-16(2)17(13-23)7-11-24-19)14-27(15)21(28)22(8-3-12-30-22)20-25-9-4-10-26-20/h3-4,7,9-12,15,18H,5-6,8,14H2,1-2H3/t15-,18-,22?/m1/s1. The summed E-state index contributed by atoms with van der Waals surface area (Å²) in [7, 11) is 0. The molecule has 4 heterocycles. The molecule has 2 aliphatic heterocycles. The maximum absolute atomic E-state index is 13.8. The molecule has 1 fully saturated rings. The molecule has 8 heteroatoms. The van der Waals surface area contributed by atoms with Gasteiger partial charge in [-0.2, -0.15) is 5.26 Å². The number of aromatic nitrogens is 3. The summed E-state index contributed by atoms with van der Waals surface area (Å²) in [5, 5.41) is 11.2. The van der Waals surface area contributed by atoms with Crippen molar-refractivity contribution in [1.82, 2.24) is 19.9 Å². The van der Waals surface area contributed by atoms with E-state index >= 15 is 0 Å². The van der Waals surface area contributed by atoms with E-state index in [0.717, 1.165) is 18.4 Å². The Kier molecular flexibility index (Phi) is 5.73. The number of likely N-dealkylation sites (tertiary alicyclic amines) is 1. The van der Waals surface area contributed by atoms with Gasteiger partial charge in [-0.15, -0.1) is 11.8 Å². The number of nitriles is 1. The number of rotatable bonds is 4. The van der Waals surface area contributed by atoms with Gasteiger partial charge in [-0.3, -0.25) is 4.79 Å². The molecule has 7 nitrogen and oxygen atoms in total. The summed E-state index contributed by atoms with van der Waals surface area (Å²) >= 11 is 1.47. The number of hydrogen-bond acceptors (Lipinski definition) is 7. The highest BCUT2D eigenvalue weighted by molar-refractivity contribution is 8.04. The predicted molar refractivity (Wildman–Crippen MR) is 114 cm³/mol. The summed E-state index contributed by atoms with van der Waals surface area (Å²) in [5.74, 6) is 1.01. The summed E-state index contributed by atoms with van der Waals surface area (Å²) in [6, 6.07) is 5.69. The number of allylic oxidation sites excluding steroid dienone is 1. The van der Waals surface area contributed by atoms with Gasteiger partial charge in [0.05, 0.1) is 18.2 Å². The maximum Gasteiger partial charge on any atom is 0.247 e. The molecule has 2 aliphatic rings. The normalized spacial score (nSPS) is 25.7. The molecule has 154 valence electrons. The van der Waals surface area contributed by atoms with Gasteiger partial charge >= 0.3 is 0 Å². The van der Waals surface area contributed by atoms with Gasteiger partial charge in [0.1, 0.15) is 6.10 Å². The first-order valence-electron chi connectivity index (χ1n) is 9.99. The minimum atomic E-state index is -0.827. The molecule has 0 radical (unpaired) electrons. The molecule has 3 atom stereocenters. The summed E-state index contributed by atoms with van der Waals surface area (Å²) in [6.45, 7) is 4.37. The molecule has 0 N–H and O–H groups in total. The van der Waals surface area contributed by atoms with Crippen LogP contribution in [-0.4, -0.2) is 44.4 Å². The van der Waals surface area contributed by atoms with Crippen molar-refractivity contribution in [2.45, 2.75) is 50.0 Å². The van der Waals surface area contributed by atoms with E-state index in [4.69, 9.17) is 4.74 Å². The molecular weight excluding hydrogens is 398 g/mol. The van der Waals surface area contributed by atoms with Crippen LogP contribution in [0.15, 0.2) is 42.2 Å². The van der Waals surface area contributed by atoms with Crippen LogP contribution in [0.5, 0.6) is 5.88 Å². The lowest BCUT2D eigenvalue weighted by Crippen LogP contribution is -2.54. The second-order valence-corrected chi connectivity index (χ2v) is 8.82. The lowest BCUT2D eigenvalue weighted by molar-refractivity contribution is -0.139. The van der Waals surface area contributed by atoms with E-state index in [1.165, 1.54) is 11.8 Å². The third-order valence-electron chi connectivity index (χ3n) is 5.70. The summed E-state index contributed by atoms with van der Waals surface area (Å²) < 4.78 is 5.32. The van der Waals surface area contributed by atoms with Gasteiger partial charge in [0.25, 0.3) is 0 Å². The SMILES string of the molecule is Cc1c(C#N)ccnc1O[C@@H]1CC[C@@H](C)N(C(=O)C2(c3ncccn3)CC=CS2)C1. The lowest BCUT2D eigenvalue weighted by Gasteiger charge is -2.41. The van der Waals surface area contributed by atoms with Gasteiger partial charge in [-0.25, -0.2) is 15.0 Å². The van der Waals surface area contributed by atoms with Crippen molar-refractivity contribution >= 4 is 17.7 Å². The van der Waals surface area contributed by atoms with Crippen LogP contribution in [0.2, 0.25) is 0 Å². The van der Waals surface area contributed by atoms with E-state index in [0.29, 0.717) is 30.2 Å². The molecule has 4 rings (SSSR count). The molecular formula is C22H23N5O2S. The largest absolute Gasteiger partial charge is 0.472 e. The third kappa shape index (κ3) is 3.65. The zero-order chi connectivity index (χ0) is 21.1. The number of carbonyl (C=O) groups excluding carboxylic acids is 1. The fourth-order valence-corrected chi connectivity index (χ4v) is 4.96. The molecule has 1 unspecified atom stereocenters. The van der Waals surface area contributed by atoms with Gasteiger partial charge < -0.3 is 9.64 Å². The number of amides is 1. The van der Waals surface area contributed by atoms with E-state index < -0.39 is 4.75 Å². The van der Waals surface area contributed by atoms with Crippen LogP contribution in [0.1, 0.15) is 43.1 Å². The van der Waals surface area contributed by atoms with E-state index in [1.54, 1.807) is 30.7 Å². The van der Waals surface area contributed by atoms with Crippen LogP contribution in [0, 0.1) is 18.3 Å². The van der Waals surface area contributed by atoms with Gasteiger partial charge in [0.15, 0.2) is 10.6 Å². The van der Waals surface area contributed by atoms with Crippen molar-refractivity contribution in [2.24, 2.45) is 0 Å². The van der Waals surface area contributed by atoms with E-state index in [2.05, 4.69) is 27.9 Å². The Morgan fingerprint density at radius 2 is 2.10 bits per heavy atom. The Morgan fingerprint density at radius 1 is 1.30 bits per heavy atom. The van der Waals surface area contributed by atoms with Crippen LogP contribution >= 0.6 is 11.8 Å². The molecule has 0 bridgehead atoms. The Bertz CT molecular complexity index is 996. The monoisotopic (exact) mass is 421 g/mol. The lowest BCUT2D eigenvalue weighted by atomic mass is 9.95. The van der Waals surface area contributed by atoms with Crippen molar-refractivity contribution in [1.29, 1.82) is 5.26 Å². The number of ether oxygens (including phenoxy) is 1. The Balaban J connectivity index is 1.56. The highest BCUT2D eigenvalue weighted by Crippen LogP contribution is 2.46. The van der Waals surface area contributed by atoms with Crippen molar-refractivity contribution in [2.75, 3.05) is 6.54 Å². The summed E-state index contributed by atoms with van der Waals surface area (Å²) in [4.78, 5) is 28.8. The molecule has 0 aromatic carbocycles. The van der Waals surface area contributed by atoms with E-state index in [9.17, 15) is 10.1 Å². The number of pyridine rings is 1. The van der Waals surface area contributed by atoms with Crippen LogP contribution in [0.3, 0.4) is 0 Å². The first-order valence-corrected chi connectivity index (χ1v) is 10.9. The third-order valence-corrected chi connectivity index (χ3v) is 6.95. The van der Waals surface area contributed by atoms with Crippen LogP contribution < -0.4 is 4.74 Å². The smallest absolute Gasteiger partial charge is 0.247 e. The highest BCUT2D eigenvalue weighted by atomic mass is 32.2. The van der Waals surface area contributed by atoms with Crippen molar-refractivity contribution in [3.8, 4) is 11.9 Å². The van der Waals surface area contributed by atoms with Crippen LogP contribution in [0.4, 0.5) is 0 Å². The molecule has 2 aromatic rings. The Labute approximate surface area is 180 Å². The zero-order valence-corrected chi connectivity index (χ0v) is 17.8. The number of piperidine rings is 1. The van der Waals surface area contributed by atoms with Crippen molar-refractivity contribution in [3.63, 3.8) is 0 Å². The molecule has 30 heavy (non-hydrogen) atoms. The quantitative estimate of drug-likeness (QED) is 0.747. The highest BCUT2D eigenvalue weighted by Gasteiger charge is 2.49. The van der Waals surface area contributed by atoms with Crippen molar-refractivity contribution < 1.29 is 9.53 Å². The summed E-state index contributed by atoms with van der Waals surface area (Å²) in [5.41, 5.74) is 1.27. The van der Waals surface area contributed by atoms with Crippen LogP contribution in [0.25, 0.3) is 0 Å². The first-order chi connectivity index (χ1) is 14.5. The van der Waals surface area contributed by atoms with Gasteiger partial charge in [0, 0.05) is 30.2 Å². The fraction of sp³-hybridized carbons (Fsp3) is 0.409. The number of carbonyl (C=O) groups is 1. The van der Waals surface area contributed by atoms with Gasteiger partial charge in [-0.05, 0) is 50.7 Å². The van der Waals surface area contributed by atoms with Crippen LogP contribution in [-0.2, 0) is 9.54 Å². The molecule has 2 aromatic heterocycles. The molecule has 0 spiro atoms. The zero-order valence-electron chi connectivity index (χ0n) is 17.0. The number of nitrogens with zero attached hydrogens (tertiary/aromatic N) is 5. The Hall–Kier alpha value is -2.92. The minimum absolute atomic E-state index is 0.0138.